The molecule has 1 N–H and O–H groups in total. The van der Waals surface area contributed by atoms with E-state index in [2.05, 4.69) is 6.92 Å². The van der Waals surface area contributed by atoms with Crippen LogP contribution in [0.25, 0.3) is 0 Å². The Hall–Kier alpha value is -0.0105. The Labute approximate surface area is 130 Å². The maximum Gasteiger partial charge on any atom is 0.303 e. The minimum atomic E-state index is -0.655. The van der Waals surface area contributed by atoms with Crippen molar-refractivity contribution in [3.8, 4) is 0 Å². The smallest absolute Gasteiger partial charge is 0.303 e. The van der Waals surface area contributed by atoms with E-state index in [9.17, 15) is 4.79 Å². The molecule has 0 aromatic carbocycles. The molecular formula is C16H32FeO2. The van der Waals surface area contributed by atoms with Crippen LogP contribution < -0.4 is 0 Å². The monoisotopic (exact) mass is 312 g/mol. The molecule has 2 nitrogen and oxygen atoms in total. The molecule has 0 aromatic heterocycles. The average molecular weight is 312 g/mol. The van der Waals surface area contributed by atoms with Crippen molar-refractivity contribution >= 4 is 5.97 Å². The van der Waals surface area contributed by atoms with Gasteiger partial charge in [-0.3, -0.25) is 4.79 Å². The minimum absolute atomic E-state index is 0. The molecule has 0 fully saturated rings. The number of aliphatic carboxylic acids is 1. The fourth-order valence-corrected chi connectivity index (χ4v) is 2.29. The van der Waals surface area contributed by atoms with Gasteiger partial charge in [-0.2, -0.15) is 0 Å². The SMILES string of the molecule is CCCCCCCCCCCCCCCC(=O)O.[Fe]. The number of hydrogen-bond acceptors (Lipinski definition) is 1. The van der Waals surface area contributed by atoms with Crippen LogP contribution in [0.15, 0.2) is 0 Å². The molecule has 0 atom stereocenters. The van der Waals surface area contributed by atoms with Gasteiger partial charge in [-0.1, -0.05) is 84.0 Å². The maximum atomic E-state index is 10.3. The third-order valence-electron chi connectivity index (χ3n) is 3.49. The number of carboxylic acids is 1. The zero-order chi connectivity index (χ0) is 13.5. The fraction of sp³-hybridized carbons (Fsp3) is 0.938. The van der Waals surface area contributed by atoms with Crippen molar-refractivity contribution in [3.05, 3.63) is 0 Å². The molecule has 19 heavy (non-hydrogen) atoms. The Balaban J connectivity index is 0. The molecule has 0 unspecified atom stereocenters. The van der Waals surface area contributed by atoms with Crippen molar-refractivity contribution in [3.63, 3.8) is 0 Å². The van der Waals surface area contributed by atoms with Crippen LogP contribution in [0.3, 0.4) is 0 Å². The summed E-state index contributed by atoms with van der Waals surface area (Å²) < 4.78 is 0. The summed E-state index contributed by atoms with van der Waals surface area (Å²) >= 11 is 0. The van der Waals surface area contributed by atoms with Crippen LogP contribution in [-0.4, -0.2) is 11.1 Å². The minimum Gasteiger partial charge on any atom is -0.481 e. The second-order valence-electron chi connectivity index (χ2n) is 5.39. The molecule has 0 spiro atoms. The second-order valence-corrected chi connectivity index (χ2v) is 5.39. The third kappa shape index (κ3) is 20.5. The first-order valence-corrected chi connectivity index (χ1v) is 7.99. The fourth-order valence-electron chi connectivity index (χ4n) is 2.29. The van der Waals surface area contributed by atoms with E-state index >= 15 is 0 Å². The summed E-state index contributed by atoms with van der Waals surface area (Å²) in [5.41, 5.74) is 0. The van der Waals surface area contributed by atoms with E-state index in [4.69, 9.17) is 5.11 Å². The average Bonchev–Trinajstić information content (AvgIpc) is 2.34. The van der Waals surface area contributed by atoms with Gasteiger partial charge in [0.25, 0.3) is 0 Å². The maximum absolute atomic E-state index is 10.3. The van der Waals surface area contributed by atoms with E-state index in [0.717, 1.165) is 12.8 Å². The van der Waals surface area contributed by atoms with Crippen LogP contribution in [0, 0.1) is 0 Å². The Morgan fingerprint density at radius 3 is 1.32 bits per heavy atom. The zero-order valence-corrected chi connectivity index (χ0v) is 13.7. The summed E-state index contributed by atoms with van der Waals surface area (Å²) in [6.45, 7) is 2.26. The molecule has 0 aliphatic carbocycles. The Morgan fingerprint density at radius 2 is 1.00 bits per heavy atom. The van der Waals surface area contributed by atoms with Gasteiger partial charge in [-0.05, 0) is 6.42 Å². The largest absolute Gasteiger partial charge is 0.481 e. The zero-order valence-electron chi connectivity index (χ0n) is 12.6. The molecule has 0 radical (unpaired) electrons. The van der Waals surface area contributed by atoms with E-state index in [1.165, 1.54) is 70.6 Å². The van der Waals surface area contributed by atoms with Crippen molar-refractivity contribution in [1.82, 2.24) is 0 Å². The van der Waals surface area contributed by atoms with Gasteiger partial charge in [0.2, 0.25) is 0 Å². The van der Waals surface area contributed by atoms with Crippen LogP contribution in [-0.2, 0) is 21.9 Å². The van der Waals surface area contributed by atoms with Crippen molar-refractivity contribution < 1.29 is 27.0 Å². The molecule has 0 aromatic rings. The summed E-state index contributed by atoms with van der Waals surface area (Å²) in [6, 6.07) is 0. The van der Waals surface area contributed by atoms with E-state index in [-0.39, 0.29) is 17.1 Å². The van der Waals surface area contributed by atoms with E-state index in [1.807, 2.05) is 0 Å². The summed E-state index contributed by atoms with van der Waals surface area (Å²) in [5.74, 6) is -0.655. The van der Waals surface area contributed by atoms with Gasteiger partial charge >= 0.3 is 5.97 Å². The first-order valence-electron chi connectivity index (χ1n) is 7.99. The van der Waals surface area contributed by atoms with E-state index in [0.29, 0.717) is 6.42 Å². The standard InChI is InChI=1S/C16H32O2.Fe/c1-2-3-4-5-6-7-8-9-10-11-12-13-14-15-16(17)18;/h2-15H2,1H3,(H,17,18);. The summed E-state index contributed by atoms with van der Waals surface area (Å²) in [7, 11) is 0. The van der Waals surface area contributed by atoms with Crippen molar-refractivity contribution in [2.75, 3.05) is 0 Å². The molecule has 0 amide bonds. The predicted octanol–water partition coefficient (Wildman–Crippen LogP) is 5.55. The van der Waals surface area contributed by atoms with Crippen LogP contribution in [0.4, 0.5) is 0 Å². The molecule has 0 heterocycles. The molecule has 3 heteroatoms. The molecule has 0 saturated carbocycles. The number of hydrogen-bond donors (Lipinski definition) is 1. The molecular weight excluding hydrogens is 280 g/mol. The predicted molar refractivity (Wildman–Crippen MR) is 77.9 cm³/mol. The summed E-state index contributed by atoms with van der Waals surface area (Å²) in [4.78, 5) is 10.3. The first kappa shape index (κ1) is 21.3. The normalized spacial score (nSPS) is 10.2. The van der Waals surface area contributed by atoms with E-state index < -0.39 is 5.97 Å². The van der Waals surface area contributed by atoms with E-state index in [1.54, 1.807) is 0 Å². The number of rotatable bonds is 14. The first-order chi connectivity index (χ1) is 8.77. The Kier molecular flexibility index (Phi) is 20.2. The van der Waals surface area contributed by atoms with Crippen LogP contribution in [0.1, 0.15) is 96.8 Å². The van der Waals surface area contributed by atoms with Crippen LogP contribution in [0.5, 0.6) is 0 Å². The number of carboxylic acid groups (broad SMARTS) is 1. The molecule has 0 bridgehead atoms. The molecule has 116 valence electrons. The Bertz CT molecular complexity index is 184. The molecule has 0 saturated heterocycles. The van der Waals surface area contributed by atoms with Crippen LogP contribution in [0.2, 0.25) is 0 Å². The molecule has 0 aliphatic heterocycles. The second kappa shape index (κ2) is 18.0. The summed E-state index contributed by atoms with van der Waals surface area (Å²) in [5, 5.41) is 8.49. The number of unbranched alkanes of at least 4 members (excludes halogenated alkanes) is 12. The molecule has 0 rings (SSSR count). The van der Waals surface area contributed by atoms with Gasteiger partial charge in [0.1, 0.15) is 0 Å². The number of carbonyl (C=O) groups is 1. The summed E-state index contributed by atoms with van der Waals surface area (Å²) in [6.07, 6.45) is 17.3. The van der Waals surface area contributed by atoms with Gasteiger partial charge in [0.15, 0.2) is 0 Å². The van der Waals surface area contributed by atoms with Gasteiger partial charge in [0, 0.05) is 23.5 Å². The van der Waals surface area contributed by atoms with Crippen molar-refractivity contribution in [1.29, 1.82) is 0 Å². The van der Waals surface area contributed by atoms with Gasteiger partial charge in [-0.15, -0.1) is 0 Å². The Morgan fingerprint density at radius 1 is 0.684 bits per heavy atom. The van der Waals surface area contributed by atoms with Crippen molar-refractivity contribution in [2.24, 2.45) is 0 Å². The quantitative estimate of drug-likeness (QED) is 0.337. The van der Waals surface area contributed by atoms with Crippen LogP contribution >= 0.6 is 0 Å². The van der Waals surface area contributed by atoms with Gasteiger partial charge in [-0.25, -0.2) is 0 Å². The molecule has 0 aliphatic rings. The van der Waals surface area contributed by atoms with Crippen molar-refractivity contribution in [2.45, 2.75) is 96.8 Å². The topological polar surface area (TPSA) is 37.3 Å². The van der Waals surface area contributed by atoms with Gasteiger partial charge in [0.05, 0.1) is 0 Å². The third-order valence-corrected chi connectivity index (χ3v) is 3.49. The van der Waals surface area contributed by atoms with Gasteiger partial charge < -0.3 is 5.11 Å².